The van der Waals surface area contributed by atoms with Gasteiger partial charge in [-0.1, -0.05) is 68.4 Å². The monoisotopic (exact) mass is 337 g/mol. The molecule has 1 aliphatic rings. The number of β-lactam (4-membered cyclic amide) rings is 1. The highest BCUT2D eigenvalue weighted by Gasteiger charge is 2.49. The lowest BCUT2D eigenvalue weighted by Gasteiger charge is -2.42. The largest absolute Gasteiger partial charge is 0.453 e. The zero-order valence-corrected chi connectivity index (χ0v) is 14.8. The normalized spacial score (nSPS) is 18.9. The predicted molar refractivity (Wildman–Crippen MR) is 96.7 cm³/mol. The number of rotatable bonds is 5. The second-order valence-corrected chi connectivity index (χ2v) is 6.89. The molecular formula is C21H23NO3. The number of carbonyl (C=O) groups excluding carboxylic acids is 2. The summed E-state index contributed by atoms with van der Waals surface area (Å²) in [6.45, 7) is 5.95. The van der Waals surface area contributed by atoms with Crippen molar-refractivity contribution in [2.75, 3.05) is 6.54 Å². The Balaban J connectivity index is 2.11. The Kier molecular flexibility index (Phi) is 4.62. The number of esters is 1. The smallest absolute Gasteiger partial charge is 0.309 e. The van der Waals surface area contributed by atoms with Gasteiger partial charge in [-0.25, -0.2) is 0 Å². The Labute approximate surface area is 148 Å². The van der Waals surface area contributed by atoms with E-state index in [0.29, 0.717) is 6.54 Å². The molecule has 2 atom stereocenters. The second-order valence-electron chi connectivity index (χ2n) is 6.89. The molecule has 2 aromatic rings. The van der Waals surface area contributed by atoms with Gasteiger partial charge in [0, 0.05) is 12.1 Å². The summed E-state index contributed by atoms with van der Waals surface area (Å²) in [5, 5.41) is 2.77. The highest BCUT2D eigenvalue weighted by atomic mass is 16.6. The molecule has 2 aromatic carbocycles. The van der Waals surface area contributed by atoms with Gasteiger partial charge in [0.2, 0.25) is 5.91 Å². The molecule has 25 heavy (non-hydrogen) atoms. The summed E-state index contributed by atoms with van der Waals surface area (Å²) in [5.41, 5.74) is 1.86. The molecule has 0 radical (unpaired) electrons. The molecule has 1 aliphatic heterocycles. The Hall–Kier alpha value is -2.62. The first-order valence-electron chi connectivity index (χ1n) is 8.59. The fourth-order valence-electron chi connectivity index (χ4n) is 3.16. The van der Waals surface area contributed by atoms with Gasteiger partial charge < -0.3 is 10.1 Å². The van der Waals surface area contributed by atoms with Crippen molar-refractivity contribution < 1.29 is 14.3 Å². The molecule has 0 aliphatic carbocycles. The number of nitrogens with one attached hydrogen (secondary N) is 1. The minimum Gasteiger partial charge on any atom is -0.453 e. The number of ether oxygens (including phenoxy) is 1. The van der Waals surface area contributed by atoms with Crippen LogP contribution in [-0.4, -0.2) is 18.4 Å². The van der Waals surface area contributed by atoms with Gasteiger partial charge in [-0.05, 0) is 18.1 Å². The average molecular weight is 337 g/mol. The Morgan fingerprint density at radius 1 is 1.12 bits per heavy atom. The first-order valence-corrected chi connectivity index (χ1v) is 8.59. The third-order valence-electron chi connectivity index (χ3n) is 4.79. The standard InChI is InChI=1S/C21H23NO3/c1-14(2)20(24)25-21(3,18-13-22-19(18)23)17-12-8-7-11-16(17)15-9-5-4-6-10-15/h4-12,14,18H,13H2,1-3H3,(H,22,23)/t18-,21-/m1/s1. The Morgan fingerprint density at radius 3 is 2.32 bits per heavy atom. The van der Waals surface area contributed by atoms with Crippen LogP contribution in [0.25, 0.3) is 11.1 Å². The summed E-state index contributed by atoms with van der Waals surface area (Å²) in [6.07, 6.45) is 0. The van der Waals surface area contributed by atoms with Crippen LogP contribution < -0.4 is 5.32 Å². The molecule has 0 saturated carbocycles. The molecule has 130 valence electrons. The maximum absolute atomic E-state index is 12.4. The maximum Gasteiger partial charge on any atom is 0.309 e. The van der Waals surface area contributed by atoms with Crippen LogP contribution in [0.4, 0.5) is 0 Å². The molecule has 0 bridgehead atoms. The van der Waals surface area contributed by atoms with Crippen LogP contribution >= 0.6 is 0 Å². The average Bonchev–Trinajstić information content (AvgIpc) is 2.61. The molecule has 1 N–H and O–H groups in total. The summed E-state index contributed by atoms with van der Waals surface area (Å²) >= 11 is 0. The molecule has 3 rings (SSSR count). The van der Waals surface area contributed by atoms with Crippen molar-refractivity contribution in [1.82, 2.24) is 5.32 Å². The molecule has 1 fully saturated rings. The second kappa shape index (κ2) is 6.71. The van der Waals surface area contributed by atoms with E-state index in [1.165, 1.54) is 0 Å². The fraction of sp³-hybridized carbons (Fsp3) is 0.333. The van der Waals surface area contributed by atoms with E-state index in [1.54, 1.807) is 13.8 Å². The number of carbonyl (C=O) groups is 2. The van der Waals surface area contributed by atoms with E-state index in [2.05, 4.69) is 5.32 Å². The predicted octanol–water partition coefficient (Wildman–Crippen LogP) is 3.51. The van der Waals surface area contributed by atoms with Gasteiger partial charge in [-0.3, -0.25) is 9.59 Å². The first-order chi connectivity index (χ1) is 11.9. The number of hydrogen-bond acceptors (Lipinski definition) is 3. The van der Waals surface area contributed by atoms with E-state index in [-0.39, 0.29) is 23.7 Å². The quantitative estimate of drug-likeness (QED) is 0.671. The molecule has 4 heteroatoms. The molecule has 1 saturated heterocycles. The zero-order chi connectivity index (χ0) is 18.0. The van der Waals surface area contributed by atoms with Crippen molar-refractivity contribution >= 4 is 11.9 Å². The van der Waals surface area contributed by atoms with Crippen LogP contribution in [-0.2, 0) is 19.9 Å². The first kappa shape index (κ1) is 17.2. The zero-order valence-electron chi connectivity index (χ0n) is 14.8. The summed E-state index contributed by atoms with van der Waals surface area (Å²) < 4.78 is 5.92. The molecule has 0 unspecified atom stereocenters. The van der Waals surface area contributed by atoms with Crippen molar-refractivity contribution in [3.8, 4) is 11.1 Å². The third-order valence-corrected chi connectivity index (χ3v) is 4.79. The third kappa shape index (κ3) is 3.16. The van der Waals surface area contributed by atoms with Gasteiger partial charge in [0.15, 0.2) is 0 Å². The van der Waals surface area contributed by atoms with Crippen LogP contribution in [0, 0.1) is 11.8 Å². The molecule has 4 nitrogen and oxygen atoms in total. The van der Waals surface area contributed by atoms with Crippen LogP contribution in [0.3, 0.4) is 0 Å². The molecule has 0 spiro atoms. The van der Waals surface area contributed by atoms with Crippen molar-refractivity contribution in [2.45, 2.75) is 26.4 Å². The van der Waals surface area contributed by atoms with Gasteiger partial charge >= 0.3 is 5.97 Å². The molecular weight excluding hydrogens is 314 g/mol. The van der Waals surface area contributed by atoms with Crippen molar-refractivity contribution in [3.63, 3.8) is 0 Å². The minimum absolute atomic E-state index is 0.0816. The number of amides is 1. The van der Waals surface area contributed by atoms with Crippen molar-refractivity contribution in [2.24, 2.45) is 11.8 Å². The highest BCUT2D eigenvalue weighted by molar-refractivity contribution is 5.87. The Bertz CT molecular complexity index is 785. The lowest BCUT2D eigenvalue weighted by Crippen LogP contribution is -2.59. The minimum atomic E-state index is -1.00. The Morgan fingerprint density at radius 2 is 1.76 bits per heavy atom. The number of benzene rings is 2. The lowest BCUT2D eigenvalue weighted by molar-refractivity contribution is -0.176. The van der Waals surface area contributed by atoms with Crippen LogP contribution in [0.1, 0.15) is 26.3 Å². The van der Waals surface area contributed by atoms with E-state index in [9.17, 15) is 9.59 Å². The van der Waals surface area contributed by atoms with E-state index in [0.717, 1.165) is 16.7 Å². The molecule has 1 amide bonds. The molecule has 1 heterocycles. The van der Waals surface area contributed by atoms with Crippen LogP contribution in [0.15, 0.2) is 54.6 Å². The summed E-state index contributed by atoms with van der Waals surface area (Å²) in [4.78, 5) is 24.5. The van der Waals surface area contributed by atoms with E-state index < -0.39 is 5.60 Å². The van der Waals surface area contributed by atoms with Gasteiger partial charge in [0.25, 0.3) is 0 Å². The summed E-state index contributed by atoms with van der Waals surface area (Å²) in [5.74, 6) is -1.03. The van der Waals surface area contributed by atoms with E-state index in [4.69, 9.17) is 4.74 Å². The number of hydrogen-bond donors (Lipinski definition) is 1. The SMILES string of the molecule is CC(C)C(=O)O[C@](C)(c1ccccc1-c1ccccc1)[C@@H]1CNC1=O. The van der Waals surface area contributed by atoms with Gasteiger partial charge in [-0.2, -0.15) is 0 Å². The fourth-order valence-corrected chi connectivity index (χ4v) is 3.16. The van der Waals surface area contributed by atoms with Crippen molar-refractivity contribution in [3.05, 3.63) is 60.2 Å². The van der Waals surface area contributed by atoms with Gasteiger partial charge in [0.05, 0.1) is 11.8 Å². The maximum atomic E-state index is 12.4. The van der Waals surface area contributed by atoms with E-state index in [1.807, 2.05) is 61.5 Å². The van der Waals surface area contributed by atoms with Crippen molar-refractivity contribution in [1.29, 1.82) is 0 Å². The van der Waals surface area contributed by atoms with Crippen LogP contribution in [0.5, 0.6) is 0 Å². The van der Waals surface area contributed by atoms with Crippen LogP contribution in [0.2, 0.25) is 0 Å². The summed E-state index contributed by atoms with van der Waals surface area (Å²) in [7, 11) is 0. The lowest BCUT2D eigenvalue weighted by atomic mass is 9.75. The molecule has 0 aromatic heterocycles. The highest BCUT2D eigenvalue weighted by Crippen LogP contribution is 2.42. The van der Waals surface area contributed by atoms with E-state index >= 15 is 0 Å². The van der Waals surface area contributed by atoms with Gasteiger partial charge in [0.1, 0.15) is 5.60 Å². The summed E-state index contributed by atoms with van der Waals surface area (Å²) in [6, 6.07) is 17.8. The topological polar surface area (TPSA) is 55.4 Å². The van der Waals surface area contributed by atoms with Gasteiger partial charge in [-0.15, -0.1) is 0 Å².